The Kier molecular flexibility index (Phi) is 6.22. The van der Waals surface area contributed by atoms with Crippen molar-refractivity contribution in [1.82, 2.24) is 9.13 Å². The number of hydrogen-bond donors (Lipinski definition) is 0. The molecule has 9 aromatic rings. The third-order valence-electron chi connectivity index (χ3n) is 9.42. The van der Waals surface area contributed by atoms with Gasteiger partial charge in [0.1, 0.15) is 0 Å². The lowest BCUT2D eigenvalue weighted by molar-refractivity contribution is 1.18. The zero-order valence-corrected chi connectivity index (χ0v) is 25.8. The van der Waals surface area contributed by atoms with Gasteiger partial charge in [0, 0.05) is 38.4 Å². The Morgan fingerprint density at radius 2 is 0.979 bits per heavy atom. The molecular weight excluding hydrogens is 585 g/mol. The minimum absolute atomic E-state index is 0.610. The van der Waals surface area contributed by atoms with E-state index in [0.717, 1.165) is 55.4 Å². The number of hydrogen-bond acceptors (Lipinski definition) is 2. The quantitative estimate of drug-likeness (QED) is 0.199. The van der Waals surface area contributed by atoms with Crippen LogP contribution in [0.1, 0.15) is 11.1 Å². The molecule has 9 rings (SSSR count). The minimum atomic E-state index is 0.610. The van der Waals surface area contributed by atoms with Gasteiger partial charge in [0.15, 0.2) is 0 Å². The Bertz CT molecular complexity index is 2750. The van der Waals surface area contributed by atoms with E-state index in [1.54, 1.807) is 0 Å². The number of benzene rings is 7. The van der Waals surface area contributed by atoms with Gasteiger partial charge in [-0.2, -0.15) is 10.5 Å². The molecule has 0 bridgehead atoms. The second-order valence-corrected chi connectivity index (χ2v) is 12.0. The highest BCUT2D eigenvalue weighted by Gasteiger charge is 2.20. The van der Waals surface area contributed by atoms with Crippen molar-refractivity contribution >= 4 is 43.6 Å². The first-order chi connectivity index (χ1) is 23.7. The van der Waals surface area contributed by atoms with Crippen LogP contribution in [0.15, 0.2) is 158 Å². The Morgan fingerprint density at radius 3 is 1.65 bits per heavy atom. The van der Waals surface area contributed by atoms with Crippen LogP contribution in [0.3, 0.4) is 0 Å². The van der Waals surface area contributed by atoms with E-state index in [1.807, 2.05) is 54.6 Å². The summed E-state index contributed by atoms with van der Waals surface area (Å²) >= 11 is 0. The normalized spacial score (nSPS) is 11.3. The number of para-hydroxylation sites is 4. The molecule has 222 valence electrons. The van der Waals surface area contributed by atoms with E-state index in [2.05, 4.69) is 124 Å². The maximum absolute atomic E-state index is 10.5. The molecule has 4 nitrogen and oxygen atoms in total. The van der Waals surface area contributed by atoms with Gasteiger partial charge in [-0.05, 0) is 71.8 Å². The maximum Gasteiger partial charge on any atom is 0.0998 e. The van der Waals surface area contributed by atoms with Crippen molar-refractivity contribution in [3.63, 3.8) is 0 Å². The third-order valence-corrected chi connectivity index (χ3v) is 9.42. The first-order valence-corrected chi connectivity index (χ1v) is 15.9. The Labute approximate surface area is 277 Å². The first kappa shape index (κ1) is 27.4. The summed E-state index contributed by atoms with van der Waals surface area (Å²) in [4.78, 5) is 0. The van der Waals surface area contributed by atoms with E-state index < -0.39 is 0 Å². The van der Waals surface area contributed by atoms with E-state index >= 15 is 0 Å². The molecule has 7 aromatic carbocycles. The van der Waals surface area contributed by atoms with E-state index in [9.17, 15) is 10.5 Å². The second-order valence-electron chi connectivity index (χ2n) is 12.0. The van der Waals surface area contributed by atoms with Crippen LogP contribution >= 0.6 is 0 Å². The van der Waals surface area contributed by atoms with Gasteiger partial charge in [-0.3, -0.25) is 0 Å². The smallest absolute Gasteiger partial charge is 0.0998 e. The summed E-state index contributed by atoms with van der Waals surface area (Å²) in [7, 11) is 0. The van der Waals surface area contributed by atoms with Gasteiger partial charge in [0.05, 0.1) is 51.0 Å². The fraction of sp³-hybridized carbons (Fsp3) is 0. The van der Waals surface area contributed by atoms with Crippen LogP contribution < -0.4 is 0 Å². The van der Waals surface area contributed by atoms with E-state index in [1.165, 1.54) is 21.8 Å². The van der Waals surface area contributed by atoms with Crippen LogP contribution in [0.2, 0.25) is 0 Å². The Hall–Kier alpha value is -6.88. The van der Waals surface area contributed by atoms with Crippen molar-refractivity contribution in [2.45, 2.75) is 0 Å². The molecular formula is C44H26N4. The van der Waals surface area contributed by atoms with Gasteiger partial charge in [0.2, 0.25) is 0 Å². The topological polar surface area (TPSA) is 57.4 Å². The van der Waals surface area contributed by atoms with Crippen LogP contribution in [0.5, 0.6) is 0 Å². The minimum Gasteiger partial charge on any atom is -0.309 e. The zero-order valence-electron chi connectivity index (χ0n) is 25.8. The van der Waals surface area contributed by atoms with Crippen molar-refractivity contribution in [3.8, 4) is 45.8 Å². The molecule has 0 atom stereocenters. The summed E-state index contributed by atoms with van der Waals surface area (Å²) in [5.74, 6) is 0. The fourth-order valence-corrected chi connectivity index (χ4v) is 7.35. The van der Waals surface area contributed by atoms with Crippen molar-refractivity contribution in [1.29, 1.82) is 10.5 Å². The van der Waals surface area contributed by atoms with Gasteiger partial charge in [-0.15, -0.1) is 0 Å². The largest absolute Gasteiger partial charge is 0.309 e. The molecule has 2 heterocycles. The number of rotatable bonds is 4. The highest BCUT2D eigenvalue weighted by atomic mass is 15.0. The number of fused-ring (bicyclic) bond motifs is 6. The van der Waals surface area contributed by atoms with Gasteiger partial charge < -0.3 is 9.13 Å². The lowest BCUT2D eigenvalue weighted by Gasteiger charge is -2.18. The van der Waals surface area contributed by atoms with Crippen LogP contribution in [0.25, 0.3) is 77.2 Å². The summed E-state index contributed by atoms with van der Waals surface area (Å²) in [5, 5.41) is 24.7. The summed E-state index contributed by atoms with van der Waals surface area (Å²) < 4.78 is 4.57. The molecule has 0 unspecified atom stereocenters. The number of nitrogens with zero attached hydrogens (tertiary/aromatic N) is 4. The molecule has 0 N–H and O–H groups in total. The molecule has 0 aliphatic heterocycles. The molecule has 0 saturated carbocycles. The predicted molar refractivity (Wildman–Crippen MR) is 195 cm³/mol. The van der Waals surface area contributed by atoms with Crippen LogP contribution in [0.4, 0.5) is 0 Å². The number of aromatic nitrogens is 2. The molecule has 0 amide bonds. The van der Waals surface area contributed by atoms with Gasteiger partial charge >= 0.3 is 0 Å². The molecule has 4 heteroatoms. The van der Waals surface area contributed by atoms with Crippen LogP contribution in [-0.2, 0) is 0 Å². The van der Waals surface area contributed by atoms with Crippen LogP contribution in [0, 0.1) is 22.7 Å². The maximum atomic E-state index is 10.5. The average molecular weight is 611 g/mol. The molecule has 0 fully saturated rings. The van der Waals surface area contributed by atoms with Gasteiger partial charge in [-0.25, -0.2) is 0 Å². The Morgan fingerprint density at radius 1 is 0.417 bits per heavy atom. The molecule has 0 aliphatic rings. The zero-order chi connectivity index (χ0) is 32.2. The summed E-state index contributed by atoms with van der Waals surface area (Å²) in [5.41, 5.74) is 11.5. The predicted octanol–water partition coefficient (Wildman–Crippen LogP) is 11.0. The SMILES string of the molecule is N#Cc1ccc2c(c1)c1ccccc1n2-c1ccccc1-c1c(C#N)cccc1-c1ccc(-n2c3ccccc3c3ccccc32)cc1. The Balaban J connectivity index is 1.25. The van der Waals surface area contributed by atoms with E-state index in [-0.39, 0.29) is 0 Å². The van der Waals surface area contributed by atoms with Crippen molar-refractivity contribution in [3.05, 3.63) is 169 Å². The first-order valence-electron chi connectivity index (χ1n) is 15.9. The molecule has 0 radical (unpaired) electrons. The second kappa shape index (κ2) is 10.9. The lowest BCUT2D eigenvalue weighted by atomic mass is 9.89. The van der Waals surface area contributed by atoms with E-state index in [4.69, 9.17) is 0 Å². The highest BCUT2D eigenvalue weighted by Crippen LogP contribution is 2.42. The molecule has 0 aliphatic carbocycles. The summed E-state index contributed by atoms with van der Waals surface area (Å²) in [6, 6.07) is 58.9. The average Bonchev–Trinajstić information content (AvgIpc) is 3.67. The van der Waals surface area contributed by atoms with E-state index in [0.29, 0.717) is 11.1 Å². The van der Waals surface area contributed by atoms with Gasteiger partial charge in [0.25, 0.3) is 0 Å². The standard InChI is InChI=1S/C44H26N4/c45-27-29-20-25-43-38(26-29)36-13-3-7-18-41(36)48(43)42-19-8-4-14-37(42)44-31(28-46)10-9-15-33(44)30-21-23-32(24-22-30)47-39-16-5-1-11-34(39)35-12-2-6-17-40(35)47/h1-26H. The molecule has 48 heavy (non-hydrogen) atoms. The third kappa shape index (κ3) is 4.07. The van der Waals surface area contributed by atoms with Crippen molar-refractivity contribution in [2.75, 3.05) is 0 Å². The fourth-order valence-electron chi connectivity index (χ4n) is 7.35. The van der Waals surface area contributed by atoms with Crippen molar-refractivity contribution < 1.29 is 0 Å². The summed E-state index contributed by atoms with van der Waals surface area (Å²) in [6.07, 6.45) is 0. The lowest BCUT2D eigenvalue weighted by Crippen LogP contribution is -2.00. The van der Waals surface area contributed by atoms with Gasteiger partial charge in [-0.1, -0.05) is 97.1 Å². The monoisotopic (exact) mass is 610 g/mol. The molecule has 0 spiro atoms. The molecule has 0 saturated heterocycles. The summed E-state index contributed by atoms with van der Waals surface area (Å²) in [6.45, 7) is 0. The number of nitriles is 2. The van der Waals surface area contributed by atoms with Crippen molar-refractivity contribution in [2.24, 2.45) is 0 Å². The highest BCUT2D eigenvalue weighted by molar-refractivity contribution is 6.11. The van der Waals surface area contributed by atoms with Crippen LogP contribution in [-0.4, -0.2) is 9.13 Å². The molecule has 2 aromatic heterocycles.